The Labute approximate surface area is 91.5 Å². The number of carboxylic acid groups (broad SMARTS) is 1. The van der Waals surface area contributed by atoms with E-state index in [9.17, 15) is 14.4 Å². The van der Waals surface area contributed by atoms with Gasteiger partial charge in [0.15, 0.2) is 0 Å². The lowest BCUT2D eigenvalue weighted by Gasteiger charge is -2.09. The first-order valence-corrected chi connectivity index (χ1v) is 4.68. The zero-order chi connectivity index (χ0) is 12.1. The second-order valence-corrected chi connectivity index (χ2v) is 3.29. The second-order valence-electron chi connectivity index (χ2n) is 3.29. The molecular formula is C10H12N2O4. The van der Waals surface area contributed by atoms with Crippen LogP contribution in [0.4, 0.5) is 0 Å². The summed E-state index contributed by atoms with van der Waals surface area (Å²) in [4.78, 5) is 33.1. The number of carbonyl (C=O) groups is 2. The largest absolute Gasteiger partial charge is 0.480 e. The zero-order valence-electron chi connectivity index (χ0n) is 8.71. The lowest BCUT2D eigenvalue weighted by Crippen LogP contribution is -2.41. The monoisotopic (exact) mass is 224 g/mol. The summed E-state index contributed by atoms with van der Waals surface area (Å²) < 4.78 is 1.20. The maximum Gasteiger partial charge on any atom is 0.325 e. The summed E-state index contributed by atoms with van der Waals surface area (Å²) in [7, 11) is 0. The summed E-state index contributed by atoms with van der Waals surface area (Å²) in [6.45, 7) is 1.17. The molecule has 0 fully saturated rings. The highest BCUT2D eigenvalue weighted by atomic mass is 16.4. The highest BCUT2D eigenvalue weighted by molar-refractivity contribution is 5.83. The molecule has 16 heavy (non-hydrogen) atoms. The first-order chi connectivity index (χ1) is 7.50. The number of carboxylic acids is 1. The maximum atomic E-state index is 11.3. The molecule has 1 aromatic heterocycles. The Balaban J connectivity index is 2.62. The lowest BCUT2D eigenvalue weighted by molar-refractivity contribution is -0.141. The number of carbonyl (C=O) groups excluding carboxylic acids is 1. The van der Waals surface area contributed by atoms with Crippen molar-refractivity contribution in [3.05, 3.63) is 34.7 Å². The summed E-state index contributed by atoms with van der Waals surface area (Å²) in [5, 5.41) is 10.8. The Bertz CT molecular complexity index is 452. The molecule has 6 heteroatoms. The van der Waals surface area contributed by atoms with E-state index < -0.39 is 17.9 Å². The number of hydrogen-bond acceptors (Lipinski definition) is 3. The minimum atomic E-state index is -1.12. The first kappa shape index (κ1) is 12.0. The molecule has 0 radical (unpaired) electrons. The first-order valence-electron chi connectivity index (χ1n) is 4.68. The SMILES string of the molecule is CC(NC(=O)Cn1ccccc1=O)C(=O)O. The fourth-order valence-electron chi connectivity index (χ4n) is 1.09. The quantitative estimate of drug-likeness (QED) is 0.717. The van der Waals surface area contributed by atoms with Gasteiger partial charge < -0.3 is 15.0 Å². The normalized spacial score (nSPS) is 11.8. The Morgan fingerprint density at radius 3 is 2.75 bits per heavy atom. The number of amides is 1. The molecular weight excluding hydrogens is 212 g/mol. The van der Waals surface area contributed by atoms with Crippen LogP contribution in [0.2, 0.25) is 0 Å². The molecule has 0 bridgehead atoms. The Morgan fingerprint density at radius 2 is 2.19 bits per heavy atom. The van der Waals surface area contributed by atoms with Crippen LogP contribution in [0.3, 0.4) is 0 Å². The van der Waals surface area contributed by atoms with Gasteiger partial charge in [-0.1, -0.05) is 6.07 Å². The number of hydrogen-bond donors (Lipinski definition) is 2. The predicted octanol–water partition coefficient (Wildman–Crippen LogP) is -0.562. The van der Waals surface area contributed by atoms with Crippen LogP contribution >= 0.6 is 0 Å². The van der Waals surface area contributed by atoms with E-state index in [4.69, 9.17) is 5.11 Å². The maximum absolute atomic E-state index is 11.3. The molecule has 0 aliphatic carbocycles. The minimum Gasteiger partial charge on any atom is -0.480 e. The number of aromatic nitrogens is 1. The van der Waals surface area contributed by atoms with Crippen molar-refractivity contribution in [2.45, 2.75) is 19.5 Å². The molecule has 2 N–H and O–H groups in total. The highest BCUT2D eigenvalue weighted by Crippen LogP contribution is 1.85. The molecule has 1 aromatic rings. The number of aliphatic carboxylic acids is 1. The third-order valence-electron chi connectivity index (χ3n) is 1.96. The summed E-state index contributed by atoms with van der Waals surface area (Å²) >= 11 is 0. The molecule has 1 heterocycles. The van der Waals surface area contributed by atoms with E-state index in [2.05, 4.69) is 5.32 Å². The van der Waals surface area contributed by atoms with Gasteiger partial charge in [0.05, 0.1) is 0 Å². The van der Waals surface area contributed by atoms with Crippen molar-refractivity contribution in [2.24, 2.45) is 0 Å². The number of rotatable bonds is 4. The average Bonchev–Trinajstić information content (AvgIpc) is 2.21. The van der Waals surface area contributed by atoms with Crippen molar-refractivity contribution >= 4 is 11.9 Å². The van der Waals surface area contributed by atoms with Crippen molar-refractivity contribution in [1.29, 1.82) is 0 Å². The highest BCUT2D eigenvalue weighted by Gasteiger charge is 2.13. The third kappa shape index (κ3) is 3.23. The van der Waals surface area contributed by atoms with E-state index in [1.165, 1.54) is 23.8 Å². The molecule has 0 aliphatic rings. The topological polar surface area (TPSA) is 88.4 Å². The molecule has 0 saturated heterocycles. The fraction of sp³-hybridized carbons (Fsp3) is 0.300. The van der Waals surface area contributed by atoms with E-state index in [1.807, 2.05) is 0 Å². The van der Waals surface area contributed by atoms with Gasteiger partial charge in [-0.15, -0.1) is 0 Å². The second kappa shape index (κ2) is 5.11. The zero-order valence-corrected chi connectivity index (χ0v) is 8.71. The van der Waals surface area contributed by atoms with Crippen LogP contribution in [0, 0.1) is 0 Å². The summed E-state index contributed by atoms with van der Waals surface area (Å²) in [5.74, 6) is -1.63. The van der Waals surface area contributed by atoms with E-state index in [-0.39, 0.29) is 12.1 Å². The minimum absolute atomic E-state index is 0.183. The third-order valence-corrected chi connectivity index (χ3v) is 1.96. The average molecular weight is 224 g/mol. The molecule has 1 unspecified atom stereocenters. The summed E-state index contributed by atoms with van der Waals surface area (Å²) in [6.07, 6.45) is 1.47. The lowest BCUT2D eigenvalue weighted by atomic mass is 10.3. The summed E-state index contributed by atoms with van der Waals surface area (Å²) in [6, 6.07) is 3.55. The molecule has 0 aromatic carbocycles. The van der Waals surface area contributed by atoms with Crippen LogP contribution in [0.1, 0.15) is 6.92 Å². The van der Waals surface area contributed by atoms with Gasteiger partial charge in [-0.2, -0.15) is 0 Å². The number of pyridine rings is 1. The number of nitrogens with zero attached hydrogens (tertiary/aromatic N) is 1. The molecule has 6 nitrogen and oxygen atoms in total. The van der Waals surface area contributed by atoms with Crippen LogP contribution in [0.15, 0.2) is 29.2 Å². The van der Waals surface area contributed by atoms with Gasteiger partial charge in [0.2, 0.25) is 5.91 Å². The molecule has 0 aliphatic heterocycles. The smallest absolute Gasteiger partial charge is 0.325 e. The van der Waals surface area contributed by atoms with Crippen LogP contribution in [-0.4, -0.2) is 27.6 Å². The van der Waals surface area contributed by atoms with E-state index in [0.29, 0.717) is 0 Å². The van der Waals surface area contributed by atoms with Crippen LogP contribution in [-0.2, 0) is 16.1 Å². The Kier molecular flexibility index (Phi) is 3.82. The van der Waals surface area contributed by atoms with Crippen LogP contribution in [0.25, 0.3) is 0 Å². The standard InChI is InChI=1S/C10H12N2O4/c1-7(10(15)16)11-8(13)6-12-5-3-2-4-9(12)14/h2-5,7H,6H2,1H3,(H,11,13)(H,15,16). The van der Waals surface area contributed by atoms with Crippen molar-refractivity contribution in [3.63, 3.8) is 0 Å². The van der Waals surface area contributed by atoms with Gasteiger partial charge in [-0.25, -0.2) is 0 Å². The molecule has 86 valence electrons. The van der Waals surface area contributed by atoms with E-state index >= 15 is 0 Å². The van der Waals surface area contributed by atoms with Crippen molar-refractivity contribution in [1.82, 2.24) is 9.88 Å². The Hall–Kier alpha value is -2.11. The van der Waals surface area contributed by atoms with Crippen molar-refractivity contribution in [2.75, 3.05) is 0 Å². The van der Waals surface area contributed by atoms with Crippen LogP contribution < -0.4 is 10.9 Å². The summed E-state index contributed by atoms with van der Waals surface area (Å²) in [5.41, 5.74) is -0.305. The predicted molar refractivity (Wildman–Crippen MR) is 55.9 cm³/mol. The molecule has 1 rings (SSSR count). The van der Waals surface area contributed by atoms with Gasteiger partial charge >= 0.3 is 5.97 Å². The Morgan fingerprint density at radius 1 is 1.50 bits per heavy atom. The molecule has 1 atom stereocenters. The fourth-order valence-corrected chi connectivity index (χ4v) is 1.09. The van der Waals surface area contributed by atoms with E-state index in [0.717, 1.165) is 0 Å². The van der Waals surface area contributed by atoms with Crippen molar-refractivity contribution in [3.8, 4) is 0 Å². The van der Waals surface area contributed by atoms with Crippen LogP contribution in [0.5, 0.6) is 0 Å². The van der Waals surface area contributed by atoms with Gasteiger partial charge in [-0.3, -0.25) is 14.4 Å². The molecule has 1 amide bonds. The van der Waals surface area contributed by atoms with Crippen molar-refractivity contribution < 1.29 is 14.7 Å². The number of nitrogens with one attached hydrogen (secondary N) is 1. The van der Waals surface area contributed by atoms with Gasteiger partial charge in [-0.05, 0) is 13.0 Å². The molecule has 0 saturated carbocycles. The van der Waals surface area contributed by atoms with Gasteiger partial charge in [0, 0.05) is 12.3 Å². The molecule has 0 spiro atoms. The van der Waals surface area contributed by atoms with Gasteiger partial charge in [0.25, 0.3) is 5.56 Å². The van der Waals surface area contributed by atoms with E-state index in [1.54, 1.807) is 12.1 Å². The van der Waals surface area contributed by atoms with Gasteiger partial charge in [0.1, 0.15) is 12.6 Å².